The number of carbonyl (C=O) groups is 2. The molecule has 0 aliphatic carbocycles. The molecule has 0 spiro atoms. The quantitative estimate of drug-likeness (QED) is 0.941. The maximum atomic E-state index is 13.2. The molecule has 0 aromatic heterocycles. The fraction of sp³-hybridized carbons (Fsp3) is 0.222. The lowest BCUT2D eigenvalue weighted by Gasteiger charge is -2.22. The highest BCUT2D eigenvalue weighted by Gasteiger charge is 2.28. The number of fused-ring (bicyclic) bond motifs is 1. The molecule has 1 atom stereocenters. The zero-order valence-electron chi connectivity index (χ0n) is 13.1. The lowest BCUT2D eigenvalue weighted by molar-refractivity contribution is -0.119. The van der Waals surface area contributed by atoms with Gasteiger partial charge in [0.1, 0.15) is 6.04 Å². The van der Waals surface area contributed by atoms with Gasteiger partial charge in [-0.2, -0.15) is 0 Å². The first-order valence-corrected chi connectivity index (χ1v) is 7.62. The molecule has 0 radical (unpaired) electrons. The molecule has 1 heterocycles. The van der Waals surface area contributed by atoms with Gasteiger partial charge in [-0.15, -0.1) is 0 Å². The van der Waals surface area contributed by atoms with E-state index in [0.29, 0.717) is 6.54 Å². The zero-order chi connectivity index (χ0) is 17.3. The van der Waals surface area contributed by atoms with Crippen molar-refractivity contribution in [2.75, 3.05) is 11.4 Å². The molecule has 0 bridgehead atoms. The average molecular weight is 330 g/mol. The van der Waals surface area contributed by atoms with Crippen LogP contribution in [-0.2, 0) is 11.2 Å². The van der Waals surface area contributed by atoms with E-state index >= 15 is 0 Å². The third-order valence-corrected chi connectivity index (χ3v) is 4.05. The summed E-state index contributed by atoms with van der Waals surface area (Å²) in [6.07, 6.45) is 0.770. The van der Waals surface area contributed by atoms with Gasteiger partial charge in [0, 0.05) is 17.8 Å². The molecule has 6 heteroatoms. The van der Waals surface area contributed by atoms with Crippen LogP contribution in [0.3, 0.4) is 0 Å². The summed E-state index contributed by atoms with van der Waals surface area (Å²) in [7, 11) is 0. The van der Waals surface area contributed by atoms with Gasteiger partial charge in [-0.25, -0.2) is 8.78 Å². The van der Waals surface area contributed by atoms with Gasteiger partial charge in [-0.1, -0.05) is 18.2 Å². The van der Waals surface area contributed by atoms with Gasteiger partial charge in [0.2, 0.25) is 5.91 Å². The molecule has 4 nitrogen and oxygen atoms in total. The number of halogens is 2. The Hall–Kier alpha value is -2.76. The first-order valence-electron chi connectivity index (χ1n) is 7.62. The predicted molar refractivity (Wildman–Crippen MR) is 85.8 cm³/mol. The van der Waals surface area contributed by atoms with Crippen molar-refractivity contribution in [3.8, 4) is 0 Å². The predicted octanol–water partition coefficient (Wildman–Crippen LogP) is 2.67. The molecule has 124 valence electrons. The first kappa shape index (κ1) is 16.1. The molecular weight excluding hydrogens is 314 g/mol. The number of para-hydroxylation sites is 1. The summed E-state index contributed by atoms with van der Waals surface area (Å²) in [5.74, 6) is -2.99. The Bertz CT molecular complexity index is 807. The Morgan fingerprint density at radius 2 is 1.88 bits per heavy atom. The Labute approximate surface area is 138 Å². The second-order valence-electron chi connectivity index (χ2n) is 5.69. The van der Waals surface area contributed by atoms with Gasteiger partial charge in [0.15, 0.2) is 11.6 Å². The van der Waals surface area contributed by atoms with Crippen LogP contribution >= 0.6 is 0 Å². The highest BCUT2D eigenvalue weighted by atomic mass is 19.2. The van der Waals surface area contributed by atoms with Crippen molar-refractivity contribution in [3.05, 3.63) is 65.2 Å². The molecule has 3 rings (SSSR count). The van der Waals surface area contributed by atoms with Crippen molar-refractivity contribution >= 4 is 17.5 Å². The lowest BCUT2D eigenvalue weighted by Crippen LogP contribution is -2.46. The molecular formula is C18H16F2N2O2. The summed E-state index contributed by atoms with van der Waals surface area (Å²) in [6, 6.07) is 9.70. The van der Waals surface area contributed by atoms with Crippen LogP contribution < -0.4 is 10.2 Å². The number of hydrogen-bond acceptors (Lipinski definition) is 2. The van der Waals surface area contributed by atoms with Crippen LogP contribution in [0.2, 0.25) is 0 Å². The zero-order valence-corrected chi connectivity index (χ0v) is 13.1. The Morgan fingerprint density at radius 3 is 2.62 bits per heavy atom. The van der Waals surface area contributed by atoms with E-state index in [9.17, 15) is 18.4 Å². The molecule has 0 saturated carbocycles. The highest BCUT2D eigenvalue weighted by Crippen LogP contribution is 2.27. The van der Waals surface area contributed by atoms with E-state index in [4.69, 9.17) is 0 Å². The maximum absolute atomic E-state index is 13.2. The van der Waals surface area contributed by atoms with E-state index in [1.807, 2.05) is 24.3 Å². The Morgan fingerprint density at radius 1 is 1.12 bits per heavy atom. The minimum absolute atomic E-state index is 0.0321. The molecule has 2 aromatic rings. The molecule has 1 aliphatic heterocycles. The number of anilines is 1. The molecule has 2 amide bonds. The monoisotopic (exact) mass is 330 g/mol. The van der Waals surface area contributed by atoms with E-state index in [1.165, 1.54) is 6.07 Å². The van der Waals surface area contributed by atoms with Crippen molar-refractivity contribution in [2.45, 2.75) is 19.4 Å². The van der Waals surface area contributed by atoms with Gasteiger partial charge in [-0.05, 0) is 43.2 Å². The molecule has 1 N–H and O–H groups in total. The van der Waals surface area contributed by atoms with Gasteiger partial charge in [-0.3, -0.25) is 9.59 Å². The Kier molecular flexibility index (Phi) is 4.29. The first-order chi connectivity index (χ1) is 11.5. The number of carbonyl (C=O) groups excluding carboxylic acids is 2. The summed E-state index contributed by atoms with van der Waals surface area (Å²) in [4.78, 5) is 26.3. The van der Waals surface area contributed by atoms with E-state index in [1.54, 1.807) is 11.8 Å². The second-order valence-corrected chi connectivity index (χ2v) is 5.69. The Balaban J connectivity index is 1.70. The number of amides is 2. The lowest BCUT2D eigenvalue weighted by atomic mass is 10.1. The fourth-order valence-corrected chi connectivity index (χ4v) is 2.78. The third-order valence-electron chi connectivity index (χ3n) is 4.05. The van der Waals surface area contributed by atoms with Crippen LogP contribution in [0.4, 0.5) is 14.5 Å². The molecule has 2 aromatic carbocycles. The number of nitrogens with zero attached hydrogens (tertiary/aromatic N) is 1. The van der Waals surface area contributed by atoms with Gasteiger partial charge < -0.3 is 10.2 Å². The van der Waals surface area contributed by atoms with E-state index < -0.39 is 23.6 Å². The standard InChI is InChI=1S/C18H16F2N2O2/c1-11(21-17(23)13-6-7-14(19)15(20)10-13)18(24)22-9-8-12-4-2-3-5-16(12)22/h2-7,10-11H,8-9H2,1H3,(H,21,23)/t11-/m1/s1. The summed E-state index contributed by atoms with van der Waals surface area (Å²) in [5, 5.41) is 2.53. The second kappa shape index (κ2) is 6.39. The summed E-state index contributed by atoms with van der Waals surface area (Å²) in [6.45, 7) is 2.13. The highest BCUT2D eigenvalue weighted by molar-refractivity contribution is 6.03. The van der Waals surface area contributed by atoms with E-state index in [-0.39, 0.29) is 11.5 Å². The van der Waals surface area contributed by atoms with E-state index in [0.717, 1.165) is 29.8 Å². The topological polar surface area (TPSA) is 49.4 Å². The van der Waals surface area contributed by atoms with Gasteiger partial charge in [0.25, 0.3) is 5.91 Å². The number of benzene rings is 2. The molecule has 24 heavy (non-hydrogen) atoms. The van der Waals surface area contributed by atoms with Gasteiger partial charge >= 0.3 is 0 Å². The maximum Gasteiger partial charge on any atom is 0.252 e. The largest absolute Gasteiger partial charge is 0.341 e. The summed E-state index contributed by atoms with van der Waals surface area (Å²) >= 11 is 0. The normalized spacial score (nSPS) is 14.2. The summed E-state index contributed by atoms with van der Waals surface area (Å²) < 4.78 is 26.1. The van der Waals surface area contributed by atoms with Crippen molar-refractivity contribution in [2.24, 2.45) is 0 Å². The van der Waals surface area contributed by atoms with Crippen LogP contribution in [-0.4, -0.2) is 24.4 Å². The van der Waals surface area contributed by atoms with Crippen molar-refractivity contribution in [1.82, 2.24) is 5.32 Å². The minimum atomic E-state index is -1.10. The van der Waals surface area contributed by atoms with Gasteiger partial charge in [0.05, 0.1) is 0 Å². The number of rotatable bonds is 3. The average Bonchev–Trinajstić information content (AvgIpc) is 3.00. The summed E-state index contributed by atoms with van der Waals surface area (Å²) in [5.41, 5.74) is 1.90. The smallest absolute Gasteiger partial charge is 0.252 e. The molecule has 0 saturated heterocycles. The number of hydrogen-bond donors (Lipinski definition) is 1. The fourth-order valence-electron chi connectivity index (χ4n) is 2.78. The van der Waals surface area contributed by atoms with Crippen LogP contribution in [0.15, 0.2) is 42.5 Å². The molecule has 0 unspecified atom stereocenters. The van der Waals surface area contributed by atoms with Crippen molar-refractivity contribution < 1.29 is 18.4 Å². The number of nitrogens with one attached hydrogen (secondary N) is 1. The van der Waals surface area contributed by atoms with Crippen molar-refractivity contribution in [1.29, 1.82) is 0 Å². The van der Waals surface area contributed by atoms with Crippen LogP contribution in [0, 0.1) is 11.6 Å². The minimum Gasteiger partial charge on any atom is -0.341 e. The van der Waals surface area contributed by atoms with Crippen LogP contribution in [0.1, 0.15) is 22.8 Å². The van der Waals surface area contributed by atoms with Crippen molar-refractivity contribution in [3.63, 3.8) is 0 Å². The van der Waals surface area contributed by atoms with Crippen LogP contribution in [0.25, 0.3) is 0 Å². The SMILES string of the molecule is C[C@@H](NC(=O)c1ccc(F)c(F)c1)C(=O)N1CCc2ccccc21. The molecule has 1 aliphatic rings. The molecule has 0 fully saturated rings. The van der Waals surface area contributed by atoms with E-state index in [2.05, 4.69) is 5.32 Å². The van der Waals surface area contributed by atoms with Crippen LogP contribution in [0.5, 0.6) is 0 Å². The third kappa shape index (κ3) is 2.99.